The van der Waals surface area contributed by atoms with Gasteiger partial charge in [-0.2, -0.15) is 5.26 Å². The molecule has 2 aromatic carbocycles. The van der Waals surface area contributed by atoms with Crippen molar-refractivity contribution >= 4 is 22.8 Å². The number of anilines is 1. The summed E-state index contributed by atoms with van der Waals surface area (Å²) in [5.74, 6) is 0. The van der Waals surface area contributed by atoms with Gasteiger partial charge in [0.15, 0.2) is 0 Å². The third-order valence-corrected chi connectivity index (χ3v) is 5.24. The van der Waals surface area contributed by atoms with Gasteiger partial charge in [0.1, 0.15) is 11.3 Å². The van der Waals surface area contributed by atoms with Gasteiger partial charge in [0, 0.05) is 24.3 Å². The first-order chi connectivity index (χ1) is 15.2. The van der Waals surface area contributed by atoms with Gasteiger partial charge in [-0.15, -0.1) is 0 Å². The summed E-state index contributed by atoms with van der Waals surface area (Å²) in [4.78, 5) is 34.3. The molecule has 32 heavy (non-hydrogen) atoms. The van der Waals surface area contributed by atoms with Crippen LogP contribution >= 0.6 is 0 Å². The van der Waals surface area contributed by atoms with E-state index in [0.29, 0.717) is 34.4 Å². The van der Waals surface area contributed by atoms with E-state index in [1.165, 1.54) is 0 Å². The zero-order chi connectivity index (χ0) is 22.9. The molecule has 1 aliphatic heterocycles. The Morgan fingerprint density at radius 1 is 1.25 bits per heavy atom. The molecule has 4 rings (SSSR count). The van der Waals surface area contributed by atoms with Crippen LogP contribution < -0.4 is 15.8 Å². The molecule has 1 aromatic heterocycles. The van der Waals surface area contributed by atoms with Crippen molar-refractivity contribution in [2.45, 2.75) is 38.8 Å². The zero-order valence-corrected chi connectivity index (χ0v) is 18.3. The van der Waals surface area contributed by atoms with Gasteiger partial charge in [-0.25, -0.2) is 9.78 Å². The predicted octanol–water partition coefficient (Wildman–Crippen LogP) is 3.57. The summed E-state index contributed by atoms with van der Waals surface area (Å²) in [6.07, 6.45) is 0.404. The highest BCUT2D eigenvalue weighted by Gasteiger charge is 2.26. The van der Waals surface area contributed by atoms with Crippen LogP contribution in [-0.4, -0.2) is 40.8 Å². The summed E-state index contributed by atoms with van der Waals surface area (Å²) in [7, 11) is 0. The van der Waals surface area contributed by atoms with Gasteiger partial charge in [0.25, 0.3) is 5.56 Å². The van der Waals surface area contributed by atoms with Crippen molar-refractivity contribution in [3.05, 3.63) is 58.4 Å². The van der Waals surface area contributed by atoms with Crippen molar-refractivity contribution in [1.82, 2.24) is 15.3 Å². The first-order valence-electron chi connectivity index (χ1n) is 10.5. The topological polar surface area (TPSA) is 111 Å². The minimum Gasteiger partial charge on any atom is -0.444 e. The highest BCUT2D eigenvalue weighted by atomic mass is 16.6. The summed E-state index contributed by atoms with van der Waals surface area (Å²) >= 11 is 0. The van der Waals surface area contributed by atoms with Crippen molar-refractivity contribution in [3.8, 4) is 17.3 Å². The Kier molecular flexibility index (Phi) is 5.57. The minimum atomic E-state index is -0.532. The quantitative estimate of drug-likeness (QED) is 0.656. The summed E-state index contributed by atoms with van der Waals surface area (Å²) in [5, 5.41) is 11.9. The summed E-state index contributed by atoms with van der Waals surface area (Å²) in [6, 6.07) is 14.6. The van der Waals surface area contributed by atoms with E-state index in [-0.39, 0.29) is 11.6 Å². The Labute approximate surface area is 185 Å². The van der Waals surface area contributed by atoms with Crippen molar-refractivity contribution in [3.63, 3.8) is 0 Å². The smallest absolute Gasteiger partial charge is 0.407 e. The normalized spacial score (nSPS) is 16.1. The number of amides is 1. The number of aromatic nitrogens is 2. The van der Waals surface area contributed by atoms with Gasteiger partial charge in [-0.05, 0) is 57.5 Å². The predicted molar refractivity (Wildman–Crippen MR) is 123 cm³/mol. The van der Waals surface area contributed by atoms with Crippen LogP contribution in [-0.2, 0) is 4.74 Å². The number of nitrogens with zero attached hydrogens (tertiary/aromatic N) is 3. The largest absolute Gasteiger partial charge is 0.444 e. The first-order valence-corrected chi connectivity index (χ1v) is 10.5. The van der Waals surface area contributed by atoms with Crippen LogP contribution in [0.15, 0.2) is 47.3 Å². The Morgan fingerprint density at radius 3 is 2.69 bits per heavy atom. The SMILES string of the molecule is CC(C)(C)OC(=O)N[C@@H]1CCN(c2ccc3[nH]c(=O)c(-c4ccc(C#N)cc4)nc3c2)C1. The Bertz CT molecular complexity index is 1250. The lowest BCUT2D eigenvalue weighted by Gasteiger charge is -2.22. The average Bonchev–Trinajstić information content (AvgIpc) is 3.20. The second-order valence-electron chi connectivity index (χ2n) is 8.88. The molecule has 0 spiro atoms. The van der Waals surface area contributed by atoms with E-state index in [1.54, 1.807) is 24.3 Å². The lowest BCUT2D eigenvalue weighted by atomic mass is 10.1. The standard InChI is InChI=1S/C24H25N5O3/c1-24(2,3)32-23(31)26-17-10-11-29(14-17)18-8-9-19-20(12-18)27-21(22(30)28-19)16-6-4-15(13-25)5-7-16/h4-9,12,17H,10-11,14H2,1-3H3,(H,26,31)(H,28,30)/t17-/m1/s1. The fourth-order valence-electron chi connectivity index (χ4n) is 3.75. The molecule has 1 aliphatic rings. The fraction of sp³-hybridized carbons (Fsp3) is 0.333. The number of nitrogens with one attached hydrogen (secondary N) is 2. The number of nitriles is 1. The highest BCUT2D eigenvalue weighted by molar-refractivity contribution is 5.81. The van der Waals surface area contributed by atoms with Crippen LogP contribution in [0, 0.1) is 11.3 Å². The lowest BCUT2D eigenvalue weighted by Crippen LogP contribution is -2.40. The molecular formula is C24H25N5O3. The molecule has 0 bridgehead atoms. The number of ether oxygens (including phenoxy) is 1. The van der Waals surface area contributed by atoms with Crippen LogP contribution in [0.25, 0.3) is 22.3 Å². The van der Waals surface area contributed by atoms with Crippen LogP contribution in [0.4, 0.5) is 10.5 Å². The molecule has 1 fully saturated rings. The molecule has 3 aromatic rings. The second-order valence-corrected chi connectivity index (χ2v) is 8.88. The molecule has 8 heteroatoms. The molecule has 8 nitrogen and oxygen atoms in total. The minimum absolute atomic E-state index is 0.00158. The van der Waals surface area contributed by atoms with E-state index in [9.17, 15) is 9.59 Å². The van der Waals surface area contributed by atoms with Gasteiger partial charge >= 0.3 is 6.09 Å². The summed E-state index contributed by atoms with van der Waals surface area (Å²) in [6.45, 7) is 6.97. The molecule has 1 amide bonds. The fourth-order valence-corrected chi connectivity index (χ4v) is 3.75. The molecule has 2 heterocycles. The number of carbonyl (C=O) groups is 1. The number of H-pyrrole nitrogens is 1. The number of benzene rings is 2. The maximum absolute atomic E-state index is 12.5. The van der Waals surface area contributed by atoms with Crippen molar-refractivity contribution in [2.24, 2.45) is 0 Å². The second kappa shape index (κ2) is 8.35. The molecule has 1 saturated heterocycles. The third kappa shape index (κ3) is 4.72. The maximum Gasteiger partial charge on any atom is 0.407 e. The molecule has 0 saturated carbocycles. The van der Waals surface area contributed by atoms with E-state index >= 15 is 0 Å². The van der Waals surface area contributed by atoms with Crippen LogP contribution in [0.5, 0.6) is 0 Å². The number of aromatic amines is 1. The van der Waals surface area contributed by atoms with E-state index in [1.807, 2.05) is 39.0 Å². The molecule has 164 valence electrons. The van der Waals surface area contributed by atoms with Crippen molar-refractivity contribution in [2.75, 3.05) is 18.0 Å². The number of rotatable bonds is 3. The van der Waals surface area contributed by atoms with Gasteiger partial charge in [0.05, 0.1) is 28.7 Å². The monoisotopic (exact) mass is 431 g/mol. The first kappa shape index (κ1) is 21.4. The molecule has 0 unspecified atom stereocenters. The Hall–Kier alpha value is -3.86. The summed E-state index contributed by atoms with van der Waals surface area (Å²) < 4.78 is 5.35. The maximum atomic E-state index is 12.5. The molecule has 2 N–H and O–H groups in total. The van der Waals surface area contributed by atoms with E-state index in [2.05, 4.69) is 26.3 Å². The average molecular weight is 431 g/mol. The number of alkyl carbamates (subject to hydrolysis) is 1. The zero-order valence-electron chi connectivity index (χ0n) is 18.3. The molecule has 0 aliphatic carbocycles. The van der Waals surface area contributed by atoms with Crippen molar-refractivity contribution < 1.29 is 9.53 Å². The lowest BCUT2D eigenvalue weighted by molar-refractivity contribution is 0.0509. The molecule has 1 atom stereocenters. The van der Waals surface area contributed by atoms with Crippen LogP contribution in [0.1, 0.15) is 32.8 Å². The van der Waals surface area contributed by atoms with Gasteiger partial charge < -0.3 is 19.9 Å². The van der Waals surface area contributed by atoms with Crippen LogP contribution in [0.2, 0.25) is 0 Å². The van der Waals surface area contributed by atoms with Gasteiger partial charge in [-0.1, -0.05) is 12.1 Å². The van der Waals surface area contributed by atoms with Gasteiger partial charge in [0.2, 0.25) is 0 Å². The van der Waals surface area contributed by atoms with Gasteiger partial charge in [-0.3, -0.25) is 4.79 Å². The van der Waals surface area contributed by atoms with E-state index in [4.69, 9.17) is 10.00 Å². The Morgan fingerprint density at radius 2 is 2.00 bits per heavy atom. The molecule has 0 radical (unpaired) electrons. The summed E-state index contributed by atoms with van der Waals surface area (Å²) in [5.41, 5.74) is 2.97. The van der Waals surface area contributed by atoms with E-state index < -0.39 is 11.7 Å². The molecular weight excluding hydrogens is 406 g/mol. The van der Waals surface area contributed by atoms with Crippen LogP contribution in [0.3, 0.4) is 0 Å². The van der Waals surface area contributed by atoms with E-state index in [0.717, 1.165) is 18.7 Å². The third-order valence-electron chi connectivity index (χ3n) is 5.24. The van der Waals surface area contributed by atoms with Crippen molar-refractivity contribution in [1.29, 1.82) is 5.26 Å². The number of fused-ring (bicyclic) bond motifs is 1. The number of hydrogen-bond acceptors (Lipinski definition) is 6. The Balaban J connectivity index is 1.54. The number of hydrogen-bond donors (Lipinski definition) is 2. The number of carbonyl (C=O) groups excluding carboxylic acids is 1. The highest BCUT2D eigenvalue weighted by Crippen LogP contribution is 2.25.